The molecule has 1 aliphatic carbocycles. The lowest BCUT2D eigenvalue weighted by atomic mass is 10.1. The number of methoxy groups -OCH3 is 2. The number of ether oxygens (including phenoxy) is 2. The van der Waals surface area contributed by atoms with E-state index >= 15 is 0 Å². The second kappa shape index (κ2) is 11.3. The van der Waals surface area contributed by atoms with Crippen molar-refractivity contribution in [2.75, 3.05) is 14.2 Å². The average Bonchev–Trinajstić information content (AvgIpc) is 3.44. The van der Waals surface area contributed by atoms with Crippen LogP contribution >= 0.6 is 11.8 Å². The molecule has 1 fully saturated rings. The number of rotatable bonds is 8. The lowest BCUT2D eigenvalue weighted by molar-refractivity contribution is 0.0938. The van der Waals surface area contributed by atoms with Gasteiger partial charge in [0.2, 0.25) is 0 Å². The molecule has 1 aliphatic rings. The minimum atomic E-state index is -0.331. The summed E-state index contributed by atoms with van der Waals surface area (Å²) in [5, 5.41) is 3.86. The molecule has 1 N–H and O–H groups in total. The third-order valence-electron chi connectivity index (χ3n) is 6.64. The highest BCUT2D eigenvalue weighted by atomic mass is 32.2. The standard InChI is InChI=1S/C29H28FN3O4S/c1-36-23-14-22(15-24(16-23)37-2)33-28(35)25-11-10-19(27(34)31-21-8-3-4-9-21)13-26(25)32-29(33)38-17-18-6-5-7-20(30)12-18/h5-7,10-16,21H,3-4,8-9,17H2,1-2H3,(H,31,34). The molecule has 38 heavy (non-hydrogen) atoms. The van der Waals surface area contributed by atoms with Gasteiger partial charge in [-0.05, 0) is 48.7 Å². The van der Waals surface area contributed by atoms with E-state index in [9.17, 15) is 14.0 Å². The van der Waals surface area contributed by atoms with Crippen molar-refractivity contribution in [1.82, 2.24) is 14.9 Å². The van der Waals surface area contributed by atoms with Gasteiger partial charge in [0.05, 0.1) is 30.8 Å². The predicted octanol–water partition coefficient (Wildman–Crippen LogP) is 5.51. The molecule has 5 rings (SSSR count). The molecule has 1 amide bonds. The zero-order valence-electron chi connectivity index (χ0n) is 21.2. The average molecular weight is 534 g/mol. The Balaban J connectivity index is 1.60. The van der Waals surface area contributed by atoms with Crippen LogP contribution in [0.3, 0.4) is 0 Å². The van der Waals surface area contributed by atoms with Crippen LogP contribution in [0.15, 0.2) is 70.6 Å². The molecule has 0 saturated heterocycles. The largest absolute Gasteiger partial charge is 0.497 e. The monoisotopic (exact) mass is 533 g/mol. The van der Waals surface area contributed by atoms with Crippen molar-refractivity contribution >= 4 is 28.6 Å². The molecule has 3 aromatic carbocycles. The number of aromatic nitrogens is 2. The van der Waals surface area contributed by atoms with Crippen LogP contribution in [-0.4, -0.2) is 35.7 Å². The number of nitrogens with zero attached hydrogens (tertiary/aromatic N) is 2. The summed E-state index contributed by atoms with van der Waals surface area (Å²) in [4.78, 5) is 31.5. The van der Waals surface area contributed by atoms with Crippen LogP contribution in [0.4, 0.5) is 4.39 Å². The van der Waals surface area contributed by atoms with E-state index in [2.05, 4.69) is 5.32 Å². The van der Waals surface area contributed by atoms with Gasteiger partial charge in [-0.1, -0.05) is 36.7 Å². The maximum absolute atomic E-state index is 13.8. The second-order valence-corrected chi connectivity index (χ2v) is 10.2. The molecule has 0 unspecified atom stereocenters. The van der Waals surface area contributed by atoms with Gasteiger partial charge in [-0.3, -0.25) is 14.2 Å². The molecule has 7 nitrogen and oxygen atoms in total. The van der Waals surface area contributed by atoms with E-state index in [1.54, 1.807) is 42.5 Å². The van der Waals surface area contributed by atoms with Gasteiger partial charge in [-0.25, -0.2) is 9.37 Å². The van der Waals surface area contributed by atoms with Crippen LogP contribution in [-0.2, 0) is 5.75 Å². The van der Waals surface area contributed by atoms with Gasteiger partial charge in [0.15, 0.2) is 5.16 Å². The van der Waals surface area contributed by atoms with E-state index in [0.29, 0.717) is 44.6 Å². The minimum absolute atomic E-state index is 0.170. The second-order valence-electron chi connectivity index (χ2n) is 9.21. The first-order valence-electron chi connectivity index (χ1n) is 12.4. The number of hydrogen-bond donors (Lipinski definition) is 1. The van der Waals surface area contributed by atoms with Crippen LogP contribution in [0, 0.1) is 5.82 Å². The van der Waals surface area contributed by atoms with Crippen molar-refractivity contribution in [3.63, 3.8) is 0 Å². The quantitative estimate of drug-likeness (QED) is 0.238. The maximum atomic E-state index is 13.8. The number of carbonyl (C=O) groups is 1. The molecule has 196 valence electrons. The number of carbonyl (C=O) groups excluding carboxylic acids is 1. The molecular weight excluding hydrogens is 505 g/mol. The van der Waals surface area contributed by atoms with Crippen LogP contribution in [0.25, 0.3) is 16.6 Å². The highest BCUT2D eigenvalue weighted by molar-refractivity contribution is 7.98. The van der Waals surface area contributed by atoms with Gasteiger partial charge < -0.3 is 14.8 Å². The van der Waals surface area contributed by atoms with Crippen LogP contribution < -0.4 is 20.3 Å². The molecular formula is C29H28FN3O4S. The van der Waals surface area contributed by atoms with Crippen molar-refractivity contribution in [3.05, 3.63) is 88.0 Å². The smallest absolute Gasteiger partial charge is 0.266 e. The molecule has 0 radical (unpaired) electrons. The number of halogens is 1. The van der Waals surface area contributed by atoms with Crippen LogP contribution in [0.5, 0.6) is 11.5 Å². The van der Waals surface area contributed by atoms with Crippen LogP contribution in [0.1, 0.15) is 41.6 Å². The van der Waals surface area contributed by atoms with Crippen molar-refractivity contribution in [1.29, 1.82) is 0 Å². The van der Waals surface area contributed by atoms with E-state index in [1.165, 1.54) is 42.7 Å². The molecule has 1 heterocycles. The van der Waals surface area contributed by atoms with E-state index in [-0.39, 0.29) is 23.3 Å². The molecule has 0 spiro atoms. The number of benzene rings is 3. The Morgan fingerprint density at radius 2 is 1.79 bits per heavy atom. The Labute approximate surface area is 224 Å². The Morgan fingerprint density at radius 3 is 2.47 bits per heavy atom. The SMILES string of the molecule is COc1cc(OC)cc(-n2c(SCc3cccc(F)c3)nc3cc(C(=O)NC4CCCC4)ccc3c2=O)c1. The fourth-order valence-corrected chi connectivity index (χ4v) is 5.62. The number of fused-ring (bicyclic) bond motifs is 1. The lowest BCUT2D eigenvalue weighted by Gasteiger charge is -2.16. The van der Waals surface area contributed by atoms with E-state index < -0.39 is 0 Å². The highest BCUT2D eigenvalue weighted by Crippen LogP contribution is 2.30. The molecule has 0 aliphatic heterocycles. The number of thioether (sulfide) groups is 1. The summed E-state index contributed by atoms with van der Waals surface area (Å²) in [7, 11) is 3.08. The van der Waals surface area contributed by atoms with E-state index in [1.807, 2.05) is 6.07 Å². The summed E-state index contributed by atoms with van der Waals surface area (Å²) in [6, 6.07) is 16.6. The van der Waals surface area contributed by atoms with Gasteiger partial charge in [-0.2, -0.15) is 0 Å². The minimum Gasteiger partial charge on any atom is -0.497 e. The van der Waals surface area contributed by atoms with Gasteiger partial charge in [0, 0.05) is 35.6 Å². The Kier molecular flexibility index (Phi) is 7.64. The zero-order chi connectivity index (χ0) is 26.6. The summed E-state index contributed by atoms with van der Waals surface area (Å²) in [5.74, 6) is 0.926. The Hall–Kier alpha value is -3.85. The normalized spacial score (nSPS) is 13.6. The third kappa shape index (κ3) is 5.52. The van der Waals surface area contributed by atoms with E-state index in [4.69, 9.17) is 14.5 Å². The van der Waals surface area contributed by atoms with Crippen LogP contribution in [0.2, 0.25) is 0 Å². The number of nitrogens with one attached hydrogen (secondary N) is 1. The maximum Gasteiger partial charge on any atom is 0.266 e. The summed E-state index contributed by atoms with van der Waals surface area (Å²) >= 11 is 1.30. The molecule has 1 saturated carbocycles. The fraction of sp³-hybridized carbons (Fsp3) is 0.276. The van der Waals surface area contributed by atoms with Crippen molar-refractivity contribution in [3.8, 4) is 17.2 Å². The summed E-state index contributed by atoms with van der Waals surface area (Å²) < 4.78 is 26.1. The van der Waals surface area contributed by atoms with Crippen molar-refractivity contribution < 1.29 is 18.7 Å². The van der Waals surface area contributed by atoms with Crippen molar-refractivity contribution in [2.24, 2.45) is 0 Å². The van der Waals surface area contributed by atoms with Gasteiger partial charge >= 0.3 is 0 Å². The fourth-order valence-electron chi connectivity index (χ4n) is 4.67. The van der Waals surface area contributed by atoms with E-state index in [0.717, 1.165) is 31.2 Å². The third-order valence-corrected chi connectivity index (χ3v) is 7.65. The predicted molar refractivity (Wildman–Crippen MR) is 146 cm³/mol. The van der Waals surface area contributed by atoms with Gasteiger partial charge in [-0.15, -0.1) is 0 Å². The first-order chi connectivity index (χ1) is 18.4. The Morgan fingerprint density at radius 1 is 1.05 bits per heavy atom. The topological polar surface area (TPSA) is 82.4 Å². The van der Waals surface area contributed by atoms with Gasteiger partial charge in [0.25, 0.3) is 11.5 Å². The number of amides is 1. The summed E-state index contributed by atoms with van der Waals surface area (Å²) in [6.07, 6.45) is 4.19. The molecule has 1 aromatic heterocycles. The zero-order valence-corrected chi connectivity index (χ0v) is 22.0. The first-order valence-corrected chi connectivity index (χ1v) is 13.4. The highest BCUT2D eigenvalue weighted by Gasteiger charge is 2.20. The molecule has 4 aromatic rings. The summed E-state index contributed by atoms with van der Waals surface area (Å²) in [5.41, 5.74) is 1.85. The molecule has 0 bridgehead atoms. The first kappa shape index (κ1) is 25.8. The number of hydrogen-bond acceptors (Lipinski definition) is 6. The molecule has 9 heteroatoms. The lowest BCUT2D eigenvalue weighted by Crippen LogP contribution is -2.32. The van der Waals surface area contributed by atoms with Gasteiger partial charge in [0.1, 0.15) is 17.3 Å². The Bertz CT molecular complexity index is 1530. The summed E-state index contributed by atoms with van der Waals surface area (Å²) in [6.45, 7) is 0. The molecule has 0 atom stereocenters. The van der Waals surface area contributed by atoms with Crippen molar-refractivity contribution in [2.45, 2.75) is 42.6 Å².